The first-order valence-electron chi connectivity index (χ1n) is 9.21. The quantitative estimate of drug-likeness (QED) is 0.368. The molecule has 0 aliphatic carbocycles. The number of anilines is 1. The highest BCUT2D eigenvalue weighted by Crippen LogP contribution is 2.35. The molecule has 0 saturated carbocycles. The van der Waals surface area contributed by atoms with E-state index in [0.717, 1.165) is 29.3 Å². The summed E-state index contributed by atoms with van der Waals surface area (Å²) in [4.78, 5) is 29.5. The lowest BCUT2D eigenvalue weighted by Gasteiger charge is -2.33. The summed E-state index contributed by atoms with van der Waals surface area (Å²) in [5.41, 5.74) is 0.606. The lowest BCUT2D eigenvalue weighted by atomic mass is 9.88. The summed E-state index contributed by atoms with van der Waals surface area (Å²) in [6, 6.07) is 7.80. The Morgan fingerprint density at radius 2 is 1.86 bits per heavy atom. The number of ketones is 1. The molecule has 1 aliphatic heterocycles. The number of pyridine rings is 1. The van der Waals surface area contributed by atoms with Crippen molar-refractivity contribution in [2.75, 3.05) is 18.0 Å². The molecular weight excluding hydrogens is 380 g/mol. The standard InChI is InChI=1S/C21H17F2N3O3/c22-14-1-2-18(23)16(11-14)21(27)13-6-9-25(10-7-13)19-3-4-20(26(28)29)17-12-24-8-5-15(17)19/h1-5,8,11-13H,6-7,9-10H2. The van der Waals surface area contributed by atoms with E-state index in [4.69, 9.17) is 0 Å². The molecule has 4 rings (SSSR count). The van der Waals surface area contributed by atoms with Crippen molar-refractivity contribution in [3.8, 4) is 0 Å². The molecule has 0 bridgehead atoms. The molecular formula is C21H17F2N3O3. The molecule has 1 saturated heterocycles. The van der Waals surface area contributed by atoms with Crippen molar-refractivity contribution in [1.82, 2.24) is 4.98 Å². The first kappa shape index (κ1) is 18.9. The Morgan fingerprint density at radius 3 is 2.59 bits per heavy atom. The number of nitrogens with zero attached hydrogens (tertiary/aromatic N) is 3. The summed E-state index contributed by atoms with van der Waals surface area (Å²) >= 11 is 0. The van der Waals surface area contributed by atoms with E-state index < -0.39 is 22.5 Å². The highest BCUT2D eigenvalue weighted by molar-refractivity contribution is 6.00. The predicted molar refractivity (Wildman–Crippen MR) is 104 cm³/mol. The van der Waals surface area contributed by atoms with Crippen molar-refractivity contribution in [2.45, 2.75) is 12.8 Å². The average molecular weight is 397 g/mol. The largest absolute Gasteiger partial charge is 0.371 e. The molecule has 29 heavy (non-hydrogen) atoms. The number of hydrogen-bond acceptors (Lipinski definition) is 5. The zero-order valence-corrected chi connectivity index (χ0v) is 15.3. The fourth-order valence-electron chi connectivity index (χ4n) is 3.88. The second-order valence-electron chi connectivity index (χ2n) is 7.03. The van der Waals surface area contributed by atoms with Gasteiger partial charge in [-0.25, -0.2) is 8.78 Å². The first-order valence-corrected chi connectivity index (χ1v) is 9.21. The van der Waals surface area contributed by atoms with E-state index >= 15 is 0 Å². The Balaban J connectivity index is 1.56. The van der Waals surface area contributed by atoms with Gasteiger partial charge in [-0.2, -0.15) is 0 Å². The van der Waals surface area contributed by atoms with Crippen LogP contribution >= 0.6 is 0 Å². The van der Waals surface area contributed by atoms with Crippen molar-refractivity contribution >= 4 is 27.9 Å². The second kappa shape index (κ2) is 7.54. The third kappa shape index (κ3) is 3.53. The molecule has 0 unspecified atom stereocenters. The van der Waals surface area contributed by atoms with Gasteiger partial charge in [-0.1, -0.05) is 0 Å². The molecule has 1 aliphatic rings. The maximum Gasteiger partial charge on any atom is 0.278 e. The van der Waals surface area contributed by atoms with Crippen LogP contribution in [0.3, 0.4) is 0 Å². The van der Waals surface area contributed by atoms with E-state index in [1.807, 2.05) is 0 Å². The molecule has 148 valence electrons. The number of aromatic nitrogens is 1. The van der Waals surface area contributed by atoms with Crippen LogP contribution in [0.1, 0.15) is 23.2 Å². The number of Topliss-reactive ketones (excluding diaryl/α,β-unsaturated/α-hetero) is 1. The van der Waals surface area contributed by atoms with E-state index in [1.165, 1.54) is 12.3 Å². The number of benzene rings is 2. The van der Waals surface area contributed by atoms with E-state index in [1.54, 1.807) is 18.3 Å². The summed E-state index contributed by atoms with van der Waals surface area (Å²) in [7, 11) is 0. The van der Waals surface area contributed by atoms with Crippen LogP contribution in [0.25, 0.3) is 10.8 Å². The number of nitro benzene ring substituents is 1. The van der Waals surface area contributed by atoms with Crippen LogP contribution in [-0.2, 0) is 0 Å². The van der Waals surface area contributed by atoms with Crippen LogP contribution in [-0.4, -0.2) is 28.8 Å². The summed E-state index contributed by atoms with van der Waals surface area (Å²) in [5, 5.41) is 12.4. The highest BCUT2D eigenvalue weighted by Gasteiger charge is 2.29. The van der Waals surface area contributed by atoms with Crippen molar-refractivity contribution in [2.24, 2.45) is 5.92 Å². The minimum Gasteiger partial charge on any atom is -0.371 e. The SMILES string of the molecule is O=C(c1cc(F)ccc1F)C1CCN(c2ccc([N+](=O)[O-])c3cnccc23)CC1. The minimum atomic E-state index is -0.715. The van der Waals surface area contributed by atoms with Gasteiger partial charge in [-0.15, -0.1) is 0 Å². The summed E-state index contributed by atoms with van der Waals surface area (Å²) < 4.78 is 27.4. The molecule has 0 amide bonds. The van der Waals surface area contributed by atoms with Crippen LogP contribution in [0.5, 0.6) is 0 Å². The number of nitro groups is 1. The van der Waals surface area contributed by atoms with Crippen molar-refractivity contribution in [3.63, 3.8) is 0 Å². The molecule has 0 spiro atoms. The lowest BCUT2D eigenvalue weighted by Crippen LogP contribution is -2.36. The smallest absolute Gasteiger partial charge is 0.278 e. The zero-order chi connectivity index (χ0) is 20.5. The van der Waals surface area contributed by atoms with E-state index in [0.29, 0.717) is 31.3 Å². The number of non-ortho nitro benzene ring substituents is 1. The van der Waals surface area contributed by atoms with Crippen molar-refractivity contribution in [3.05, 3.63) is 76.1 Å². The number of hydrogen-bond donors (Lipinski definition) is 0. The van der Waals surface area contributed by atoms with E-state index in [-0.39, 0.29) is 17.0 Å². The van der Waals surface area contributed by atoms with Gasteiger partial charge in [0, 0.05) is 48.5 Å². The lowest BCUT2D eigenvalue weighted by molar-refractivity contribution is -0.383. The summed E-state index contributed by atoms with van der Waals surface area (Å²) in [5.74, 6) is -2.14. The fraction of sp³-hybridized carbons (Fsp3) is 0.238. The van der Waals surface area contributed by atoms with Gasteiger partial charge in [0.05, 0.1) is 15.9 Å². The normalized spacial score (nSPS) is 14.9. The number of carbonyl (C=O) groups excluding carboxylic acids is 1. The van der Waals surface area contributed by atoms with Crippen LogP contribution in [0.2, 0.25) is 0 Å². The summed E-state index contributed by atoms with van der Waals surface area (Å²) in [6.07, 6.45) is 4.02. The third-order valence-corrected chi connectivity index (χ3v) is 5.37. The topological polar surface area (TPSA) is 76.3 Å². The van der Waals surface area contributed by atoms with Crippen LogP contribution in [0.4, 0.5) is 20.2 Å². The maximum atomic E-state index is 13.9. The number of carbonyl (C=O) groups is 1. The molecule has 2 aromatic carbocycles. The maximum absolute atomic E-state index is 13.9. The zero-order valence-electron chi connectivity index (χ0n) is 15.3. The van der Waals surface area contributed by atoms with Gasteiger partial charge in [-0.3, -0.25) is 19.9 Å². The average Bonchev–Trinajstić information content (AvgIpc) is 2.74. The van der Waals surface area contributed by atoms with Gasteiger partial charge in [-0.05, 0) is 43.2 Å². The fourth-order valence-corrected chi connectivity index (χ4v) is 3.88. The van der Waals surface area contributed by atoms with Crippen molar-refractivity contribution < 1.29 is 18.5 Å². The van der Waals surface area contributed by atoms with Gasteiger partial charge in [0.15, 0.2) is 5.78 Å². The van der Waals surface area contributed by atoms with Gasteiger partial charge in [0.25, 0.3) is 5.69 Å². The Kier molecular flexibility index (Phi) is 4.92. The van der Waals surface area contributed by atoms with Crippen LogP contribution in [0.15, 0.2) is 48.8 Å². The Morgan fingerprint density at radius 1 is 1.10 bits per heavy atom. The van der Waals surface area contributed by atoms with Gasteiger partial charge >= 0.3 is 0 Å². The molecule has 1 aromatic heterocycles. The molecule has 8 heteroatoms. The molecule has 0 N–H and O–H groups in total. The monoisotopic (exact) mass is 397 g/mol. The number of halogens is 2. The van der Waals surface area contributed by atoms with E-state index in [9.17, 15) is 23.7 Å². The minimum absolute atomic E-state index is 0.0107. The van der Waals surface area contributed by atoms with Crippen molar-refractivity contribution in [1.29, 1.82) is 0 Å². The Bertz CT molecular complexity index is 1110. The molecule has 0 radical (unpaired) electrons. The third-order valence-electron chi connectivity index (χ3n) is 5.37. The van der Waals surface area contributed by atoms with Crippen LogP contribution < -0.4 is 4.90 Å². The highest BCUT2D eigenvalue weighted by atomic mass is 19.1. The number of piperidine rings is 1. The van der Waals surface area contributed by atoms with Gasteiger partial charge < -0.3 is 4.90 Å². The van der Waals surface area contributed by atoms with Crippen LogP contribution in [0, 0.1) is 27.7 Å². The molecule has 2 heterocycles. The first-order chi connectivity index (χ1) is 14.0. The number of fused-ring (bicyclic) bond motifs is 1. The Labute approximate surface area is 164 Å². The summed E-state index contributed by atoms with van der Waals surface area (Å²) in [6.45, 7) is 1.06. The van der Waals surface area contributed by atoms with Gasteiger partial charge in [0.1, 0.15) is 11.6 Å². The molecule has 0 atom stereocenters. The Hall–Kier alpha value is -3.42. The molecule has 6 nitrogen and oxygen atoms in total. The predicted octanol–water partition coefficient (Wildman–Crippen LogP) is 4.52. The second-order valence-corrected chi connectivity index (χ2v) is 7.03. The molecule has 3 aromatic rings. The van der Waals surface area contributed by atoms with E-state index in [2.05, 4.69) is 9.88 Å². The molecule has 1 fully saturated rings. The van der Waals surface area contributed by atoms with Gasteiger partial charge in [0.2, 0.25) is 0 Å². The number of rotatable bonds is 4.